The van der Waals surface area contributed by atoms with Crippen LogP contribution in [0.3, 0.4) is 0 Å². The van der Waals surface area contributed by atoms with Crippen LogP contribution in [0.2, 0.25) is 0 Å². The smallest absolute Gasteiger partial charge is 0.305 e. The molecule has 3 N–H and O–H groups in total. The summed E-state index contributed by atoms with van der Waals surface area (Å²) < 4.78 is 21.8. The number of benzene rings is 2. The van der Waals surface area contributed by atoms with Gasteiger partial charge in [-0.3, -0.25) is 4.79 Å². The molecule has 1 aliphatic heterocycles. The Hall–Kier alpha value is -3.16. The van der Waals surface area contributed by atoms with E-state index in [4.69, 9.17) is 9.84 Å². The van der Waals surface area contributed by atoms with Crippen molar-refractivity contribution in [1.82, 2.24) is 4.57 Å². The average Bonchev–Trinajstić information content (AvgIpc) is 3.10. The standard InChI is InChI=1S/C27H30FNO5/c1-27(2)12-11-16-5-4-6-21-25(20-9-7-17(28)13-23(20)34-3)22(29(27)26(16)21)10-8-18(30)14-19(31)15-24(32)33/h4-10,13,18-19,30-31H,11-12,14-15H2,1-3H3,(H,32,33)/b10-8+/t18-,19-/m1/s1. The van der Waals surface area contributed by atoms with Gasteiger partial charge in [0.1, 0.15) is 11.6 Å². The molecule has 1 aromatic heterocycles. The minimum Gasteiger partial charge on any atom is -0.496 e. The number of carboxylic acid groups (broad SMARTS) is 1. The van der Waals surface area contributed by atoms with Crippen molar-refractivity contribution in [2.24, 2.45) is 0 Å². The third-order valence-corrected chi connectivity index (χ3v) is 6.55. The lowest BCUT2D eigenvalue weighted by atomic mass is 9.90. The lowest BCUT2D eigenvalue weighted by Crippen LogP contribution is -2.31. The van der Waals surface area contributed by atoms with E-state index in [0.717, 1.165) is 40.6 Å². The van der Waals surface area contributed by atoms with Crippen LogP contribution in [0, 0.1) is 5.82 Å². The first-order valence-corrected chi connectivity index (χ1v) is 11.4. The number of para-hydroxylation sites is 1. The summed E-state index contributed by atoms with van der Waals surface area (Å²) in [5, 5.41) is 30.3. The van der Waals surface area contributed by atoms with Crippen molar-refractivity contribution in [2.45, 2.75) is 57.3 Å². The third kappa shape index (κ3) is 4.45. The molecule has 0 spiro atoms. The van der Waals surface area contributed by atoms with E-state index >= 15 is 0 Å². The second kappa shape index (κ2) is 9.24. The number of carboxylic acids is 1. The predicted octanol–water partition coefficient (Wildman–Crippen LogP) is 4.74. The Balaban J connectivity index is 1.91. The largest absolute Gasteiger partial charge is 0.496 e. The van der Waals surface area contributed by atoms with Crippen molar-refractivity contribution >= 4 is 22.9 Å². The first kappa shape index (κ1) is 24.0. The van der Waals surface area contributed by atoms with Gasteiger partial charge >= 0.3 is 5.97 Å². The summed E-state index contributed by atoms with van der Waals surface area (Å²) in [4.78, 5) is 10.8. The molecule has 1 aliphatic rings. The molecular formula is C27H30FNO5. The van der Waals surface area contributed by atoms with Crippen molar-refractivity contribution in [3.63, 3.8) is 0 Å². The second-order valence-electron chi connectivity index (χ2n) is 9.48. The van der Waals surface area contributed by atoms with E-state index in [1.54, 1.807) is 12.1 Å². The Morgan fingerprint density at radius 1 is 1.26 bits per heavy atom. The quantitative estimate of drug-likeness (QED) is 0.445. The summed E-state index contributed by atoms with van der Waals surface area (Å²) in [6.45, 7) is 4.33. The molecule has 4 rings (SSSR count). The molecular weight excluding hydrogens is 437 g/mol. The molecule has 0 amide bonds. The summed E-state index contributed by atoms with van der Waals surface area (Å²) in [7, 11) is 1.51. The second-order valence-corrected chi connectivity index (χ2v) is 9.48. The van der Waals surface area contributed by atoms with Gasteiger partial charge < -0.3 is 24.6 Å². The number of aliphatic carboxylic acids is 1. The van der Waals surface area contributed by atoms with Crippen molar-refractivity contribution in [3.05, 3.63) is 59.5 Å². The maximum Gasteiger partial charge on any atom is 0.305 e. The Bertz CT molecular complexity index is 1260. The third-order valence-electron chi connectivity index (χ3n) is 6.55. The number of aromatic nitrogens is 1. The fraction of sp³-hybridized carbons (Fsp3) is 0.370. The highest BCUT2D eigenvalue weighted by molar-refractivity contribution is 6.04. The first-order valence-electron chi connectivity index (χ1n) is 11.4. The highest BCUT2D eigenvalue weighted by Crippen LogP contribution is 2.46. The fourth-order valence-corrected chi connectivity index (χ4v) is 4.97. The van der Waals surface area contributed by atoms with Crippen LogP contribution in [0.15, 0.2) is 42.5 Å². The average molecular weight is 468 g/mol. The van der Waals surface area contributed by atoms with E-state index in [-0.39, 0.29) is 12.0 Å². The van der Waals surface area contributed by atoms with Crippen LogP contribution in [0.1, 0.15) is 44.4 Å². The number of ether oxygens (including phenoxy) is 1. The van der Waals surface area contributed by atoms with Gasteiger partial charge in [-0.25, -0.2) is 4.39 Å². The van der Waals surface area contributed by atoms with Gasteiger partial charge in [0.15, 0.2) is 0 Å². The zero-order valence-corrected chi connectivity index (χ0v) is 19.6. The molecule has 0 bridgehead atoms. The Labute approximate surface area is 197 Å². The molecule has 3 aromatic rings. The molecule has 0 aliphatic carbocycles. The van der Waals surface area contributed by atoms with Crippen LogP contribution in [0.25, 0.3) is 28.1 Å². The Morgan fingerprint density at radius 2 is 2.03 bits per heavy atom. The summed E-state index contributed by atoms with van der Waals surface area (Å²) in [5.74, 6) is -1.10. The van der Waals surface area contributed by atoms with Gasteiger partial charge in [0.05, 0.1) is 36.9 Å². The molecule has 2 atom stereocenters. The van der Waals surface area contributed by atoms with Crippen LogP contribution in [-0.4, -0.2) is 45.2 Å². The summed E-state index contributed by atoms with van der Waals surface area (Å²) in [6, 6.07) is 10.6. The molecule has 0 fully saturated rings. The van der Waals surface area contributed by atoms with Gasteiger partial charge in [0, 0.05) is 34.5 Å². The Kier molecular flexibility index (Phi) is 6.51. The van der Waals surface area contributed by atoms with Crippen molar-refractivity contribution in [1.29, 1.82) is 0 Å². The monoisotopic (exact) mass is 467 g/mol. The lowest BCUT2D eigenvalue weighted by Gasteiger charge is -2.34. The SMILES string of the molecule is COc1cc(F)ccc1-c1c(/C=C/[C@@H](O)C[C@@H](O)CC(=O)O)n2c3c(cccc13)CCC2(C)C. The maximum atomic E-state index is 14.0. The molecule has 2 heterocycles. The van der Waals surface area contributed by atoms with Gasteiger partial charge in [-0.05, 0) is 50.5 Å². The maximum absolute atomic E-state index is 14.0. The van der Waals surface area contributed by atoms with E-state index < -0.39 is 30.4 Å². The minimum absolute atomic E-state index is 0.0904. The molecule has 2 aromatic carbocycles. The van der Waals surface area contributed by atoms with Gasteiger partial charge in [0.25, 0.3) is 0 Å². The number of rotatable bonds is 8. The van der Waals surface area contributed by atoms with Crippen molar-refractivity contribution in [3.8, 4) is 16.9 Å². The molecule has 6 nitrogen and oxygen atoms in total. The predicted molar refractivity (Wildman–Crippen MR) is 129 cm³/mol. The molecule has 0 unspecified atom stereocenters. The van der Waals surface area contributed by atoms with E-state index in [0.29, 0.717) is 5.75 Å². The zero-order valence-electron chi connectivity index (χ0n) is 19.6. The van der Waals surface area contributed by atoms with Crippen LogP contribution >= 0.6 is 0 Å². The number of aliphatic hydroxyl groups is 2. The van der Waals surface area contributed by atoms with Gasteiger partial charge in [-0.2, -0.15) is 0 Å². The molecule has 0 radical (unpaired) electrons. The number of halogens is 1. The number of nitrogens with zero attached hydrogens (tertiary/aromatic N) is 1. The summed E-state index contributed by atoms with van der Waals surface area (Å²) >= 11 is 0. The van der Waals surface area contributed by atoms with Gasteiger partial charge in [-0.15, -0.1) is 0 Å². The number of methoxy groups -OCH3 is 1. The van der Waals surface area contributed by atoms with E-state index in [1.165, 1.54) is 24.8 Å². The Morgan fingerprint density at radius 3 is 2.74 bits per heavy atom. The minimum atomic E-state index is -1.15. The van der Waals surface area contributed by atoms with Crippen LogP contribution in [0.4, 0.5) is 4.39 Å². The molecule has 34 heavy (non-hydrogen) atoms. The number of aryl methyl sites for hydroxylation is 1. The van der Waals surface area contributed by atoms with Crippen LogP contribution in [0.5, 0.6) is 5.75 Å². The van der Waals surface area contributed by atoms with E-state index in [9.17, 15) is 19.4 Å². The topological polar surface area (TPSA) is 91.9 Å². The summed E-state index contributed by atoms with van der Waals surface area (Å²) in [5.41, 5.74) is 4.55. The molecule has 0 saturated carbocycles. The number of hydrogen-bond donors (Lipinski definition) is 3. The van der Waals surface area contributed by atoms with Crippen LogP contribution in [-0.2, 0) is 16.8 Å². The number of aliphatic hydroxyl groups excluding tert-OH is 2. The highest BCUT2D eigenvalue weighted by Gasteiger charge is 2.33. The fourth-order valence-electron chi connectivity index (χ4n) is 4.97. The van der Waals surface area contributed by atoms with Gasteiger partial charge in [-0.1, -0.05) is 24.3 Å². The normalized spacial score (nSPS) is 16.6. The molecule has 0 saturated heterocycles. The van der Waals surface area contributed by atoms with E-state index in [1.807, 2.05) is 18.2 Å². The van der Waals surface area contributed by atoms with E-state index in [2.05, 4.69) is 24.5 Å². The number of hydrogen-bond acceptors (Lipinski definition) is 4. The lowest BCUT2D eigenvalue weighted by molar-refractivity contribution is -0.139. The van der Waals surface area contributed by atoms with Crippen molar-refractivity contribution in [2.75, 3.05) is 7.11 Å². The molecule has 180 valence electrons. The zero-order chi connectivity index (χ0) is 24.6. The van der Waals surface area contributed by atoms with Crippen LogP contribution < -0.4 is 4.74 Å². The van der Waals surface area contributed by atoms with Crippen molar-refractivity contribution < 1.29 is 29.2 Å². The first-order chi connectivity index (χ1) is 16.1. The summed E-state index contributed by atoms with van der Waals surface area (Å²) in [6.07, 6.45) is 2.54. The number of carbonyl (C=O) groups is 1. The van der Waals surface area contributed by atoms with Gasteiger partial charge in [0.2, 0.25) is 0 Å². The molecule has 7 heteroatoms. The highest BCUT2D eigenvalue weighted by atomic mass is 19.1.